The van der Waals surface area contributed by atoms with Crippen LogP contribution in [0.5, 0.6) is 0 Å². The van der Waals surface area contributed by atoms with Gasteiger partial charge in [0.25, 0.3) is 5.91 Å². The molecule has 0 bridgehead atoms. The van der Waals surface area contributed by atoms with E-state index in [1.807, 2.05) is 36.6 Å². The number of nitrogens with zero attached hydrogens (tertiary/aromatic N) is 3. The Labute approximate surface area is 223 Å². The Morgan fingerprint density at radius 2 is 1.82 bits per heavy atom. The van der Waals surface area contributed by atoms with E-state index in [0.717, 1.165) is 16.8 Å². The predicted octanol–water partition coefficient (Wildman–Crippen LogP) is 4.31. The van der Waals surface area contributed by atoms with E-state index in [1.54, 1.807) is 43.3 Å². The van der Waals surface area contributed by atoms with Crippen LogP contribution in [0.2, 0.25) is 0 Å². The number of carbonyl (C=O) groups is 3. The molecule has 0 aliphatic carbocycles. The number of aryl methyl sites for hydroxylation is 1. The molecule has 2 heterocycles. The van der Waals surface area contributed by atoms with Crippen LogP contribution in [0.25, 0.3) is 5.69 Å². The lowest BCUT2D eigenvalue weighted by Gasteiger charge is -2.14. The van der Waals surface area contributed by atoms with Crippen molar-refractivity contribution < 1.29 is 23.5 Å². The molecule has 11 heteroatoms. The third kappa shape index (κ3) is 6.30. The molecule has 0 unspecified atom stereocenters. The number of anilines is 1. The third-order valence-corrected chi connectivity index (χ3v) is 6.61. The van der Waals surface area contributed by atoms with Crippen LogP contribution in [0, 0.1) is 13.8 Å². The number of furan rings is 1. The number of aromatic nitrogens is 3. The highest BCUT2D eigenvalue weighted by Gasteiger charge is 2.19. The van der Waals surface area contributed by atoms with Crippen LogP contribution in [0.1, 0.15) is 44.8 Å². The van der Waals surface area contributed by atoms with Gasteiger partial charge < -0.3 is 19.8 Å². The molecule has 38 heavy (non-hydrogen) atoms. The van der Waals surface area contributed by atoms with Crippen molar-refractivity contribution in [1.82, 2.24) is 20.1 Å². The molecular formula is C27H27N5O5S. The largest absolute Gasteiger partial charge is 0.462 e. The first-order chi connectivity index (χ1) is 18.4. The molecule has 0 aliphatic heterocycles. The first kappa shape index (κ1) is 26.7. The zero-order chi connectivity index (χ0) is 27.1. The van der Waals surface area contributed by atoms with Gasteiger partial charge in [0.2, 0.25) is 5.91 Å². The minimum Gasteiger partial charge on any atom is -0.462 e. The molecule has 4 aromatic rings. The highest BCUT2D eigenvalue weighted by Crippen LogP contribution is 2.26. The zero-order valence-electron chi connectivity index (χ0n) is 21.2. The molecule has 2 aromatic heterocycles. The van der Waals surface area contributed by atoms with E-state index < -0.39 is 5.97 Å². The summed E-state index contributed by atoms with van der Waals surface area (Å²) < 4.78 is 12.0. The van der Waals surface area contributed by atoms with Crippen molar-refractivity contribution in [3.05, 3.63) is 89.1 Å². The predicted molar refractivity (Wildman–Crippen MR) is 142 cm³/mol. The van der Waals surface area contributed by atoms with E-state index in [1.165, 1.54) is 18.0 Å². The molecule has 0 fully saturated rings. The van der Waals surface area contributed by atoms with Crippen LogP contribution in [0.4, 0.5) is 5.69 Å². The Morgan fingerprint density at radius 1 is 1.03 bits per heavy atom. The number of hydrogen-bond acceptors (Lipinski definition) is 8. The molecule has 2 aromatic carbocycles. The van der Waals surface area contributed by atoms with E-state index in [9.17, 15) is 14.4 Å². The van der Waals surface area contributed by atoms with Crippen molar-refractivity contribution in [2.75, 3.05) is 17.7 Å². The van der Waals surface area contributed by atoms with Gasteiger partial charge in [-0.3, -0.25) is 14.2 Å². The first-order valence-electron chi connectivity index (χ1n) is 11.9. The Bertz CT molecular complexity index is 1430. The fourth-order valence-electron chi connectivity index (χ4n) is 3.61. The van der Waals surface area contributed by atoms with Gasteiger partial charge in [0, 0.05) is 5.69 Å². The molecule has 0 spiro atoms. The summed E-state index contributed by atoms with van der Waals surface area (Å²) in [5.41, 5.74) is 3.93. The Balaban J connectivity index is 1.48. The van der Waals surface area contributed by atoms with Crippen LogP contribution in [-0.2, 0) is 16.1 Å². The number of hydrogen-bond donors (Lipinski definition) is 2. The number of rotatable bonds is 10. The number of ether oxygens (including phenoxy) is 1. The Kier molecular flexibility index (Phi) is 8.59. The summed E-state index contributed by atoms with van der Waals surface area (Å²) in [4.78, 5) is 36.9. The van der Waals surface area contributed by atoms with Gasteiger partial charge in [0.05, 0.1) is 36.4 Å². The molecule has 0 atom stereocenters. The van der Waals surface area contributed by atoms with Crippen LogP contribution in [0.15, 0.2) is 70.4 Å². The van der Waals surface area contributed by atoms with Crippen LogP contribution in [0.3, 0.4) is 0 Å². The van der Waals surface area contributed by atoms with Gasteiger partial charge in [-0.15, -0.1) is 10.2 Å². The van der Waals surface area contributed by atoms with Crippen molar-refractivity contribution in [3.8, 4) is 5.69 Å². The van der Waals surface area contributed by atoms with E-state index >= 15 is 0 Å². The minimum atomic E-state index is -0.414. The highest BCUT2D eigenvalue weighted by atomic mass is 32.2. The van der Waals surface area contributed by atoms with E-state index in [-0.39, 0.29) is 29.9 Å². The smallest absolute Gasteiger partial charge is 0.338 e. The van der Waals surface area contributed by atoms with E-state index in [2.05, 4.69) is 20.8 Å². The molecule has 0 aliphatic rings. The lowest BCUT2D eigenvalue weighted by atomic mass is 10.1. The molecule has 0 saturated carbocycles. The fourth-order valence-corrected chi connectivity index (χ4v) is 4.38. The van der Waals surface area contributed by atoms with Crippen molar-refractivity contribution >= 4 is 35.2 Å². The summed E-state index contributed by atoms with van der Waals surface area (Å²) in [6.45, 7) is 6.15. The molecule has 10 nitrogen and oxygen atoms in total. The number of carbonyl (C=O) groups excluding carboxylic acids is 3. The molecule has 2 N–H and O–H groups in total. The summed E-state index contributed by atoms with van der Waals surface area (Å²) in [5.74, 6) is -0.250. The topological polar surface area (TPSA) is 128 Å². The monoisotopic (exact) mass is 533 g/mol. The molecular weight excluding hydrogens is 506 g/mol. The molecule has 0 saturated heterocycles. The lowest BCUT2D eigenvalue weighted by Crippen LogP contribution is -2.24. The minimum absolute atomic E-state index is 0.0708. The van der Waals surface area contributed by atoms with Gasteiger partial charge in [0.1, 0.15) is 0 Å². The maximum absolute atomic E-state index is 12.7. The van der Waals surface area contributed by atoms with Gasteiger partial charge in [-0.1, -0.05) is 23.9 Å². The van der Waals surface area contributed by atoms with Gasteiger partial charge in [0.15, 0.2) is 16.7 Å². The number of thioether (sulfide) groups is 1. The summed E-state index contributed by atoms with van der Waals surface area (Å²) in [6.07, 6.45) is 1.43. The zero-order valence-corrected chi connectivity index (χ0v) is 22.0. The normalized spacial score (nSPS) is 10.7. The van der Waals surface area contributed by atoms with Gasteiger partial charge in [-0.2, -0.15) is 0 Å². The average Bonchev–Trinajstić information content (AvgIpc) is 3.59. The first-order valence-corrected chi connectivity index (χ1v) is 12.9. The van der Waals surface area contributed by atoms with Gasteiger partial charge in [-0.25, -0.2) is 4.79 Å². The maximum Gasteiger partial charge on any atom is 0.338 e. The summed E-state index contributed by atoms with van der Waals surface area (Å²) in [5, 5.41) is 14.7. The summed E-state index contributed by atoms with van der Waals surface area (Å²) in [7, 11) is 0. The number of amides is 2. The molecule has 2 amide bonds. The standard InChI is InChI=1S/C27H27N5O5S/c1-4-36-26(35)19-10-12-20(13-11-19)29-24(33)16-38-27-31-30-23(15-28-25(34)22-9-6-14-37-22)32(27)21-8-5-7-17(2)18(21)3/h5-14H,4,15-16H2,1-3H3,(H,28,34)(H,29,33). The van der Waals surface area contributed by atoms with Crippen LogP contribution in [-0.4, -0.2) is 44.9 Å². The summed E-state index contributed by atoms with van der Waals surface area (Å²) in [6, 6.07) is 15.6. The van der Waals surface area contributed by atoms with Crippen molar-refractivity contribution in [1.29, 1.82) is 0 Å². The number of benzene rings is 2. The average molecular weight is 534 g/mol. The second kappa shape index (κ2) is 12.2. The summed E-state index contributed by atoms with van der Waals surface area (Å²) >= 11 is 1.22. The van der Waals surface area contributed by atoms with Gasteiger partial charge in [-0.05, 0) is 74.4 Å². The van der Waals surface area contributed by atoms with Crippen LogP contribution >= 0.6 is 11.8 Å². The second-order valence-electron chi connectivity index (χ2n) is 8.25. The maximum atomic E-state index is 12.7. The lowest BCUT2D eigenvalue weighted by molar-refractivity contribution is -0.113. The Hall–Kier alpha value is -4.38. The van der Waals surface area contributed by atoms with E-state index in [4.69, 9.17) is 9.15 Å². The SMILES string of the molecule is CCOC(=O)c1ccc(NC(=O)CSc2nnc(CNC(=O)c3ccco3)n2-c2cccc(C)c2C)cc1. The van der Waals surface area contributed by atoms with Crippen LogP contribution < -0.4 is 10.6 Å². The Morgan fingerprint density at radius 3 is 2.53 bits per heavy atom. The fraction of sp³-hybridized carbons (Fsp3) is 0.222. The van der Waals surface area contributed by atoms with Crippen molar-refractivity contribution in [2.45, 2.75) is 32.5 Å². The third-order valence-electron chi connectivity index (χ3n) is 5.68. The number of esters is 1. The van der Waals surface area contributed by atoms with Crippen molar-refractivity contribution in [2.24, 2.45) is 0 Å². The van der Waals surface area contributed by atoms with E-state index in [0.29, 0.717) is 28.8 Å². The quantitative estimate of drug-likeness (QED) is 0.228. The van der Waals surface area contributed by atoms with Crippen molar-refractivity contribution in [3.63, 3.8) is 0 Å². The number of nitrogens with one attached hydrogen (secondary N) is 2. The second-order valence-corrected chi connectivity index (χ2v) is 9.19. The van der Waals surface area contributed by atoms with Gasteiger partial charge >= 0.3 is 5.97 Å². The molecule has 196 valence electrons. The highest BCUT2D eigenvalue weighted by molar-refractivity contribution is 7.99. The molecule has 0 radical (unpaired) electrons. The molecule has 4 rings (SSSR count).